The van der Waals surface area contributed by atoms with Crippen molar-refractivity contribution in [3.05, 3.63) is 35.0 Å². The molecule has 0 bridgehead atoms. The molecule has 0 saturated carbocycles. The molecule has 5 heteroatoms. The van der Waals surface area contributed by atoms with E-state index in [1.807, 2.05) is 45.0 Å². The van der Waals surface area contributed by atoms with Crippen LogP contribution in [-0.4, -0.2) is 24.2 Å². The Morgan fingerprint density at radius 3 is 2.75 bits per heavy atom. The van der Waals surface area contributed by atoms with Crippen LogP contribution in [0.25, 0.3) is 10.4 Å². The highest BCUT2D eigenvalue weighted by atomic mass is 32.1. The number of methoxy groups -OCH3 is 1. The number of hydrogen-bond acceptors (Lipinski definition) is 5. The Bertz CT molecular complexity index is 619. The van der Waals surface area contributed by atoms with Crippen LogP contribution in [0.5, 0.6) is 5.75 Å². The molecule has 0 saturated heterocycles. The Labute approximate surface area is 122 Å². The van der Waals surface area contributed by atoms with Gasteiger partial charge in [-0.15, -0.1) is 11.3 Å². The summed E-state index contributed by atoms with van der Waals surface area (Å²) in [6, 6.07) is 7.66. The van der Waals surface area contributed by atoms with Gasteiger partial charge in [0, 0.05) is 0 Å². The first-order chi connectivity index (χ1) is 9.51. The molecule has 1 aromatic heterocycles. The summed E-state index contributed by atoms with van der Waals surface area (Å²) in [6.07, 6.45) is 0.105. The molecular weight excluding hydrogens is 274 g/mol. The van der Waals surface area contributed by atoms with Crippen molar-refractivity contribution in [1.29, 1.82) is 0 Å². The van der Waals surface area contributed by atoms with Crippen LogP contribution in [-0.2, 0) is 4.74 Å². The standard InChI is InChI=1S/C15H17NO3S/c1-9(2)19-12-7-5-6-11(8-12)14-13(15(17)18-4)16-10(3)20-14/h5-9H,1-4H3. The first-order valence-electron chi connectivity index (χ1n) is 6.34. The van der Waals surface area contributed by atoms with Gasteiger partial charge in [-0.25, -0.2) is 9.78 Å². The number of ether oxygens (including phenoxy) is 2. The molecule has 1 aromatic carbocycles. The number of rotatable bonds is 4. The average Bonchev–Trinajstić information content (AvgIpc) is 2.79. The van der Waals surface area contributed by atoms with Crippen molar-refractivity contribution in [3.8, 4) is 16.2 Å². The van der Waals surface area contributed by atoms with Gasteiger partial charge < -0.3 is 9.47 Å². The zero-order valence-electron chi connectivity index (χ0n) is 12.0. The number of benzene rings is 1. The fraction of sp³-hybridized carbons (Fsp3) is 0.333. The Hall–Kier alpha value is -1.88. The number of thiazole rings is 1. The lowest BCUT2D eigenvalue weighted by Gasteiger charge is -2.10. The first kappa shape index (κ1) is 14.5. The predicted octanol–water partition coefficient (Wildman–Crippen LogP) is 3.69. The second-order valence-electron chi connectivity index (χ2n) is 4.60. The number of aromatic nitrogens is 1. The van der Waals surface area contributed by atoms with E-state index in [9.17, 15) is 4.79 Å². The van der Waals surface area contributed by atoms with Crippen molar-refractivity contribution in [2.75, 3.05) is 7.11 Å². The van der Waals surface area contributed by atoms with Crippen molar-refractivity contribution in [1.82, 2.24) is 4.98 Å². The summed E-state index contributed by atoms with van der Waals surface area (Å²) in [5.41, 5.74) is 1.27. The average molecular weight is 291 g/mol. The van der Waals surface area contributed by atoms with E-state index in [4.69, 9.17) is 9.47 Å². The lowest BCUT2D eigenvalue weighted by Crippen LogP contribution is -2.05. The van der Waals surface area contributed by atoms with Crippen LogP contribution in [0.2, 0.25) is 0 Å². The second kappa shape index (κ2) is 6.05. The third kappa shape index (κ3) is 3.17. The van der Waals surface area contributed by atoms with Gasteiger partial charge in [0.15, 0.2) is 5.69 Å². The van der Waals surface area contributed by atoms with Crippen LogP contribution in [0.15, 0.2) is 24.3 Å². The van der Waals surface area contributed by atoms with Crippen molar-refractivity contribution in [2.24, 2.45) is 0 Å². The van der Waals surface area contributed by atoms with Gasteiger partial charge in [-0.2, -0.15) is 0 Å². The number of esters is 1. The summed E-state index contributed by atoms with van der Waals surface area (Å²) < 4.78 is 10.5. The number of nitrogens with zero attached hydrogens (tertiary/aromatic N) is 1. The Balaban J connectivity index is 2.43. The molecule has 0 amide bonds. The molecule has 2 rings (SSSR count). The van der Waals surface area contributed by atoms with Crippen molar-refractivity contribution in [2.45, 2.75) is 26.9 Å². The molecule has 0 aliphatic rings. The quantitative estimate of drug-likeness (QED) is 0.806. The predicted molar refractivity (Wildman–Crippen MR) is 79.4 cm³/mol. The molecule has 0 spiro atoms. The minimum atomic E-state index is -0.417. The molecule has 2 aromatic rings. The van der Waals surface area contributed by atoms with Gasteiger partial charge in [0.2, 0.25) is 0 Å². The molecule has 0 fully saturated rings. The molecule has 20 heavy (non-hydrogen) atoms. The fourth-order valence-electron chi connectivity index (χ4n) is 1.84. The van der Waals surface area contributed by atoms with Crippen LogP contribution in [0.3, 0.4) is 0 Å². The van der Waals surface area contributed by atoms with Crippen molar-refractivity contribution >= 4 is 17.3 Å². The molecule has 106 valence electrons. The maximum absolute atomic E-state index is 11.8. The first-order valence-corrected chi connectivity index (χ1v) is 7.15. The highest BCUT2D eigenvalue weighted by Crippen LogP contribution is 2.32. The van der Waals surface area contributed by atoms with E-state index >= 15 is 0 Å². The highest BCUT2D eigenvalue weighted by molar-refractivity contribution is 7.15. The summed E-state index contributed by atoms with van der Waals surface area (Å²) in [5.74, 6) is 0.360. The summed E-state index contributed by atoms with van der Waals surface area (Å²) in [5, 5.41) is 0.829. The molecular formula is C15H17NO3S. The lowest BCUT2D eigenvalue weighted by atomic mass is 10.1. The highest BCUT2D eigenvalue weighted by Gasteiger charge is 2.19. The molecule has 0 atom stereocenters. The number of hydrogen-bond donors (Lipinski definition) is 0. The van der Waals surface area contributed by atoms with Crippen LogP contribution < -0.4 is 4.74 Å². The summed E-state index contributed by atoms with van der Waals surface area (Å²) >= 11 is 1.47. The minimum Gasteiger partial charge on any atom is -0.491 e. The molecule has 1 heterocycles. The van der Waals surface area contributed by atoms with Gasteiger partial charge in [0.05, 0.1) is 23.1 Å². The van der Waals surface area contributed by atoms with Gasteiger partial charge in [0.1, 0.15) is 5.75 Å². The van der Waals surface area contributed by atoms with Gasteiger partial charge in [-0.05, 0) is 38.5 Å². The fourth-order valence-corrected chi connectivity index (χ4v) is 2.74. The van der Waals surface area contributed by atoms with Crippen LogP contribution in [0.4, 0.5) is 0 Å². The summed E-state index contributed by atoms with van der Waals surface area (Å²) in [4.78, 5) is 16.8. The molecule has 0 unspecified atom stereocenters. The molecule has 0 aliphatic heterocycles. The SMILES string of the molecule is COC(=O)c1nc(C)sc1-c1cccc(OC(C)C)c1. The van der Waals surface area contributed by atoms with Crippen molar-refractivity contribution in [3.63, 3.8) is 0 Å². The third-order valence-electron chi connectivity index (χ3n) is 2.58. The van der Waals surface area contributed by atoms with E-state index in [1.54, 1.807) is 0 Å². The Morgan fingerprint density at radius 2 is 2.10 bits per heavy atom. The second-order valence-corrected chi connectivity index (χ2v) is 5.80. The molecule has 0 N–H and O–H groups in total. The summed E-state index contributed by atoms with van der Waals surface area (Å²) in [7, 11) is 1.36. The lowest BCUT2D eigenvalue weighted by molar-refractivity contribution is 0.0595. The van der Waals surface area contributed by atoms with Gasteiger partial charge in [-0.1, -0.05) is 12.1 Å². The monoisotopic (exact) mass is 291 g/mol. The third-order valence-corrected chi connectivity index (χ3v) is 3.60. The van der Waals surface area contributed by atoms with E-state index in [1.165, 1.54) is 18.4 Å². The van der Waals surface area contributed by atoms with Crippen molar-refractivity contribution < 1.29 is 14.3 Å². The smallest absolute Gasteiger partial charge is 0.358 e. The van der Waals surface area contributed by atoms with E-state index < -0.39 is 5.97 Å². The molecule has 4 nitrogen and oxygen atoms in total. The number of aryl methyl sites for hydroxylation is 1. The van der Waals surface area contributed by atoms with Gasteiger partial charge in [-0.3, -0.25) is 0 Å². The Morgan fingerprint density at radius 1 is 1.35 bits per heavy atom. The van der Waals surface area contributed by atoms with Gasteiger partial charge in [0.25, 0.3) is 0 Å². The van der Waals surface area contributed by atoms with Crippen LogP contribution in [0, 0.1) is 6.92 Å². The van der Waals surface area contributed by atoms with Crippen LogP contribution in [0.1, 0.15) is 29.3 Å². The summed E-state index contributed by atoms with van der Waals surface area (Å²) in [6.45, 7) is 5.82. The normalized spacial score (nSPS) is 10.7. The maximum Gasteiger partial charge on any atom is 0.358 e. The largest absolute Gasteiger partial charge is 0.491 e. The zero-order chi connectivity index (χ0) is 14.7. The number of carbonyl (C=O) groups is 1. The van der Waals surface area contributed by atoms with E-state index in [2.05, 4.69) is 4.98 Å². The van der Waals surface area contributed by atoms with E-state index in [-0.39, 0.29) is 6.10 Å². The van der Waals surface area contributed by atoms with E-state index in [0.29, 0.717) is 5.69 Å². The minimum absolute atomic E-state index is 0.105. The van der Waals surface area contributed by atoms with Crippen LogP contribution >= 0.6 is 11.3 Å². The topological polar surface area (TPSA) is 48.4 Å². The van der Waals surface area contributed by atoms with E-state index in [0.717, 1.165) is 21.2 Å². The molecule has 0 radical (unpaired) electrons. The zero-order valence-corrected chi connectivity index (χ0v) is 12.8. The number of carbonyl (C=O) groups excluding carboxylic acids is 1. The maximum atomic E-state index is 11.8. The van der Waals surface area contributed by atoms with Gasteiger partial charge >= 0.3 is 5.97 Å². The molecule has 0 aliphatic carbocycles. The Kier molecular flexibility index (Phi) is 4.39.